The summed E-state index contributed by atoms with van der Waals surface area (Å²) in [6.07, 6.45) is 4.21. The molecule has 0 radical (unpaired) electrons. The minimum Gasteiger partial charge on any atom is -0.507 e. The number of aromatic nitrogens is 1. The summed E-state index contributed by atoms with van der Waals surface area (Å²) < 4.78 is 5.61. The van der Waals surface area contributed by atoms with Crippen LogP contribution in [0.1, 0.15) is 41.6 Å². The zero-order valence-corrected chi connectivity index (χ0v) is 18.7. The van der Waals surface area contributed by atoms with Crippen molar-refractivity contribution < 1.29 is 19.4 Å². The second-order valence-electron chi connectivity index (χ2n) is 8.07. The number of hydrogen-bond acceptors (Lipinski definition) is 5. The predicted molar refractivity (Wildman–Crippen MR) is 125 cm³/mol. The predicted octanol–water partition coefficient (Wildman–Crippen LogP) is 4.80. The van der Waals surface area contributed by atoms with Crippen molar-refractivity contribution in [3.8, 4) is 5.75 Å². The summed E-state index contributed by atoms with van der Waals surface area (Å²) in [6, 6.07) is 17.5. The van der Waals surface area contributed by atoms with Gasteiger partial charge in [-0.3, -0.25) is 14.6 Å². The molecule has 2 aromatic carbocycles. The van der Waals surface area contributed by atoms with Gasteiger partial charge >= 0.3 is 0 Å². The summed E-state index contributed by atoms with van der Waals surface area (Å²) >= 11 is 0. The van der Waals surface area contributed by atoms with Crippen molar-refractivity contribution in [1.29, 1.82) is 0 Å². The second-order valence-corrected chi connectivity index (χ2v) is 8.07. The number of aryl methyl sites for hydroxylation is 1. The summed E-state index contributed by atoms with van der Waals surface area (Å²) in [6.45, 7) is 4.80. The van der Waals surface area contributed by atoms with Crippen molar-refractivity contribution in [1.82, 2.24) is 9.88 Å². The van der Waals surface area contributed by atoms with Crippen molar-refractivity contribution in [3.63, 3.8) is 0 Å². The monoisotopic (exact) mass is 442 g/mol. The van der Waals surface area contributed by atoms with Gasteiger partial charge in [0.2, 0.25) is 0 Å². The number of carbonyl (C=O) groups is 2. The fraction of sp³-hybridized carbons (Fsp3) is 0.222. The number of hydrogen-bond donors (Lipinski definition) is 1. The van der Waals surface area contributed by atoms with Crippen LogP contribution < -0.4 is 4.74 Å². The van der Waals surface area contributed by atoms with Gasteiger partial charge in [0.15, 0.2) is 0 Å². The normalized spacial score (nSPS) is 17.4. The van der Waals surface area contributed by atoms with E-state index in [0.29, 0.717) is 17.9 Å². The van der Waals surface area contributed by atoms with Crippen molar-refractivity contribution in [2.24, 2.45) is 0 Å². The van der Waals surface area contributed by atoms with E-state index in [2.05, 4.69) is 4.98 Å². The van der Waals surface area contributed by atoms with E-state index in [1.807, 2.05) is 44.2 Å². The van der Waals surface area contributed by atoms with E-state index in [9.17, 15) is 14.7 Å². The van der Waals surface area contributed by atoms with E-state index in [1.165, 1.54) is 4.90 Å². The molecule has 1 aliphatic heterocycles. The van der Waals surface area contributed by atoms with Crippen LogP contribution in [0.25, 0.3) is 5.76 Å². The second kappa shape index (κ2) is 9.69. The number of aliphatic hydroxyl groups excluding tert-OH is 1. The molecule has 1 amide bonds. The third kappa shape index (κ3) is 4.65. The quantitative estimate of drug-likeness (QED) is 0.323. The highest BCUT2D eigenvalue weighted by Crippen LogP contribution is 2.40. The summed E-state index contributed by atoms with van der Waals surface area (Å²) in [5, 5.41) is 11.2. The molecule has 6 nitrogen and oxygen atoms in total. The zero-order valence-electron chi connectivity index (χ0n) is 18.7. The maximum Gasteiger partial charge on any atom is 0.295 e. The Bertz CT molecular complexity index is 1170. The molecule has 2 heterocycles. The lowest BCUT2D eigenvalue weighted by atomic mass is 9.94. The number of aliphatic hydroxyl groups is 1. The first-order valence-electron chi connectivity index (χ1n) is 11.0. The number of ketones is 1. The third-order valence-electron chi connectivity index (χ3n) is 5.61. The zero-order chi connectivity index (χ0) is 23.4. The van der Waals surface area contributed by atoms with Crippen LogP contribution in [0.3, 0.4) is 0 Å². The Morgan fingerprint density at radius 3 is 2.42 bits per heavy atom. The van der Waals surface area contributed by atoms with Crippen molar-refractivity contribution in [2.75, 3.05) is 6.61 Å². The summed E-state index contributed by atoms with van der Waals surface area (Å²) in [7, 11) is 0. The Hall–Kier alpha value is -3.93. The number of carbonyl (C=O) groups excluding carboxylic acids is 2. The van der Waals surface area contributed by atoms with Gasteiger partial charge in [-0.05, 0) is 54.8 Å². The maximum absolute atomic E-state index is 13.1. The number of benzene rings is 2. The Labute approximate surface area is 193 Å². The molecule has 1 aromatic heterocycles. The lowest BCUT2D eigenvalue weighted by molar-refractivity contribution is -0.140. The van der Waals surface area contributed by atoms with Gasteiger partial charge in [0, 0.05) is 24.5 Å². The molecular formula is C27H26N2O4. The van der Waals surface area contributed by atoms with Gasteiger partial charge in [0.1, 0.15) is 11.5 Å². The Balaban J connectivity index is 1.78. The van der Waals surface area contributed by atoms with Crippen LogP contribution in [0, 0.1) is 6.92 Å². The first-order valence-corrected chi connectivity index (χ1v) is 11.0. The topological polar surface area (TPSA) is 79.7 Å². The Kier molecular flexibility index (Phi) is 6.54. The van der Waals surface area contributed by atoms with E-state index in [4.69, 9.17) is 4.74 Å². The van der Waals surface area contributed by atoms with Crippen molar-refractivity contribution >= 4 is 17.4 Å². The highest BCUT2D eigenvalue weighted by molar-refractivity contribution is 6.46. The van der Waals surface area contributed by atoms with E-state index < -0.39 is 17.7 Å². The van der Waals surface area contributed by atoms with Gasteiger partial charge in [0.25, 0.3) is 11.7 Å². The van der Waals surface area contributed by atoms with Crippen LogP contribution in [0.4, 0.5) is 0 Å². The highest BCUT2D eigenvalue weighted by Gasteiger charge is 2.46. The number of rotatable bonds is 7. The van der Waals surface area contributed by atoms with E-state index in [-0.39, 0.29) is 17.9 Å². The SMILES string of the molecule is CCCOc1ccc(C(O)=C2C(=O)C(=O)N(Cc3cccnc3)[C@@H]2c2ccc(C)cc2)cc1. The molecule has 3 aromatic rings. The van der Waals surface area contributed by atoms with Crippen LogP contribution in [0.5, 0.6) is 5.75 Å². The van der Waals surface area contributed by atoms with Crippen LogP contribution >= 0.6 is 0 Å². The molecule has 0 saturated carbocycles. The fourth-order valence-corrected chi connectivity index (χ4v) is 3.91. The molecule has 0 spiro atoms. The van der Waals surface area contributed by atoms with Crippen LogP contribution in [0.15, 0.2) is 78.6 Å². The third-order valence-corrected chi connectivity index (χ3v) is 5.61. The molecule has 1 fully saturated rings. The van der Waals surface area contributed by atoms with Gasteiger partial charge in [-0.1, -0.05) is 42.8 Å². The fourth-order valence-electron chi connectivity index (χ4n) is 3.91. The molecule has 1 aliphatic rings. The average Bonchev–Trinajstić information content (AvgIpc) is 3.08. The first-order chi connectivity index (χ1) is 16.0. The van der Waals surface area contributed by atoms with Gasteiger partial charge in [-0.15, -0.1) is 0 Å². The smallest absolute Gasteiger partial charge is 0.295 e. The molecule has 6 heteroatoms. The Morgan fingerprint density at radius 2 is 1.79 bits per heavy atom. The van der Waals surface area contributed by atoms with Gasteiger partial charge in [-0.25, -0.2) is 0 Å². The molecule has 0 aliphatic carbocycles. The number of pyridine rings is 1. The number of Topliss-reactive ketones (excluding diaryl/α,β-unsaturated/α-hetero) is 1. The number of nitrogens with zero attached hydrogens (tertiary/aromatic N) is 2. The molecule has 1 atom stereocenters. The maximum atomic E-state index is 13.1. The molecule has 1 saturated heterocycles. The molecular weight excluding hydrogens is 416 g/mol. The number of likely N-dealkylation sites (tertiary alicyclic amines) is 1. The van der Waals surface area contributed by atoms with Gasteiger partial charge in [0.05, 0.1) is 18.2 Å². The van der Waals surface area contributed by atoms with E-state index >= 15 is 0 Å². The summed E-state index contributed by atoms with van der Waals surface area (Å²) in [5.74, 6) is -0.864. The lowest BCUT2D eigenvalue weighted by Crippen LogP contribution is -2.29. The lowest BCUT2D eigenvalue weighted by Gasteiger charge is -2.25. The van der Waals surface area contributed by atoms with Gasteiger partial charge < -0.3 is 14.7 Å². The van der Waals surface area contributed by atoms with E-state index in [0.717, 1.165) is 23.1 Å². The van der Waals surface area contributed by atoms with Crippen molar-refractivity contribution in [2.45, 2.75) is 32.9 Å². The molecule has 4 rings (SSSR count). The highest BCUT2D eigenvalue weighted by atomic mass is 16.5. The van der Waals surface area contributed by atoms with Crippen LogP contribution in [-0.4, -0.2) is 33.3 Å². The molecule has 168 valence electrons. The summed E-state index contributed by atoms with van der Waals surface area (Å²) in [4.78, 5) is 31.8. The minimum absolute atomic E-state index is 0.0787. The number of amides is 1. The molecule has 1 N–H and O–H groups in total. The van der Waals surface area contributed by atoms with Crippen molar-refractivity contribution in [3.05, 3.63) is 101 Å². The Morgan fingerprint density at radius 1 is 1.06 bits per heavy atom. The van der Waals surface area contributed by atoms with Gasteiger partial charge in [-0.2, -0.15) is 0 Å². The molecule has 33 heavy (non-hydrogen) atoms. The standard InChI is InChI=1S/C27H26N2O4/c1-3-15-33-22-12-10-21(11-13-22)25(30)23-24(20-8-6-18(2)7-9-20)29(27(32)26(23)31)17-19-5-4-14-28-16-19/h4-14,16,24,30H,3,15,17H2,1-2H3/t24-/m1/s1. The molecule has 0 unspecified atom stereocenters. The van der Waals surface area contributed by atoms with E-state index in [1.54, 1.807) is 42.7 Å². The average molecular weight is 443 g/mol. The first kappa shape index (κ1) is 22.3. The number of ether oxygens (including phenoxy) is 1. The minimum atomic E-state index is -0.707. The van der Waals surface area contributed by atoms with Crippen LogP contribution in [0.2, 0.25) is 0 Å². The van der Waals surface area contributed by atoms with Crippen LogP contribution in [-0.2, 0) is 16.1 Å². The molecule has 0 bridgehead atoms. The summed E-state index contributed by atoms with van der Waals surface area (Å²) in [5.41, 5.74) is 3.15. The largest absolute Gasteiger partial charge is 0.507 e.